The van der Waals surface area contributed by atoms with E-state index in [1.807, 2.05) is 17.0 Å². The first kappa shape index (κ1) is 13.4. The number of nitrogens with zero attached hydrogens (tertiary/aromatic N) is 5. The van der Waals surface area contributed by atoms with E-state index in [9.17, 15) is 4.79 Å². The largest absolute Gasteiger partial charge is 0.376 e. The van der Waals surface area contributed by atoms with Crippen molar-refractivity contribution in [2.45, 2.75) is 44.2 Å². The Kier molecular flexibility index (Phi) is 2.76. The van der Waals surface area contributed by atoms with Crippen molar-refractivity contribution >= 4 is 11.6 Å². The molecule has 5 rings (SSSR count). The lowest BCUT2D eigenvalue weighted by molar-refractivity contribution is -0.150. The summed E-state index contributed by atoms with van der Waals surface area (Å²) in [4.78, 5) is 15.1. The highest BCUT2D eigenvalue weighted by Crippen LogP contribution is 2.55. The molecule has 7 heteroatoms. The number of carbonyl (C=O) groups is 1. The van der Waals surface area contributed by atoms with Crippen molar-refractivity contribution in [1.29, 1.82) is 0 Å². The smallest absolute Gasteiger partial charge is 0.258 e. The molecule has 1 aliphatic carbocycles. The van der Waals surface area contributed by atoms with E-state index in [-0.39, 0.29) is 18.1 Å². The van der Waals surface area contributed by atoms with Crippen LogP contribution in [0.25, 0.3) is 5.65 Å². The Morgan fingerprint density at radius 2 is 2.26 bits per heavy atom. The van der Waals surface area contributed by atoms with E-state index in [1.165, 1.54) is 19.3 Å². The van der Waals surface area contributed by atoms with Gasteiger partial charge in [0.05, 0.1) is 17.7 Å². The van der Waals surface area contributed by atoms with Gasteiger partial charge < -0.3 is 9.64 Å². The summed E-state index contributed by atoms with van der Waals surface area (Å²) in [5.74, 6) is 0.0309. The fraction of sp³-hybridized carbons (Fsp3) is 0.625. The van der Waals surface area contributed by atoms with Crippen LogP contribution in [0.3, 0.4) is 0 Å². The van der Waals surface area contributed by atoms with E-state index < -0.39 is 0 Å². The Hall–Kier alpha value is -2.02. The molecule has 0 N–H and O–H groups in total. The summed E-state index contributed by atoms with van der Waals surface area (Å²) in [6.45, 7) is 1.67. The second-order valence-corrected chi connectivity index (χ2v) is 7.01. The van der Waals surface area contributed by atoms with Gasteiger partial charge in [0.15, 0.2) is 5.65 Å². The number of rotatable bonds is 2. The van der Waals surface area contributed by atoms with E-state index in [0.29, 0.717) is 16.6 Å². The van der Waals surface area contributed by atoms with Gasteiger partial charge in [-0.25, -0.2) is 0 Å². The summed E-state index contributed by atoms with van der Waals surface area (Å²) in [7, 11) is 0. The van der Waals surface area contributed by atoms with Crippen molar-refractivity contribution in [2.75, 3.05) is 13.2 Å². The second-order valence-electron chi connectivity index (χ2n) is 7.01. The molecule has 2 unspecified atom stereocenters. The number of hydrogen-bond donors (Lipinski definition) is 0. The second kappa shape index (κ2) is 4.74. The minimum atomic E-state index is 0.0309. The average Bonchev–Trinajstić information content (AvgIpc) is 3.14. The summed E-state index contributed by atoms with van der Waals surface area (Å²) < 4.78 is 7.49. The number of amides is 1. The van der Waals surface area contributed by atoms with Gasteiger partial charge in [-0.3, -0.25) is 4.79 Å². The monoisotopic (exact) mass is 313 g/mol. The van der Waals surface area contributed by atoms with E-state index in [1.54, 1.807) is 10.7 Å². The van der Waals surface area contributed by atoms with Crippen LogP contribution in [-0.4, -0.2) is 56.1 Å². The highest BCUT2D eigenvalue weighted by molar-refractivity contribution is 6.00. The molecular weight excluding hydrogens is 294 g/mol. The molecule has 0 aromatic carbocycles. The summed E-state index contributed by atoms with van der Waals surface area (Å²) in [5.41, 5.74) is 1.41. The molecule has 2 aromatic rings. The number of carbonyl (C=O) groups excluding carboxylic acids is 1. The van der Waals surface area contributed by atoms with Crippen LogP contribution in [0.5, 0.6) is 0 Å². The molecule has 3 fully saturated rings. The van der Waals surface area contributed by atoms with Crippen LogP contribution in [0.1, 0.15) is 42.5 Å². The maximum Gasteiger partial charge on any atom is 0.258 e. The lowest BCUT2D eigenvalue weighted by Gasteiger charge is -2.63. The first-order valence-electron chi connectivity index (χ1n) is 8.38. The Morgan fingerprint density at radius 3 is 3.00 bits per heavy atom. The van der Waals surface area contributed by atoms with Gasteiger partial charge in [0.1, 0.15) is 0 Å². The lowest BCUT2D eigenvalue weighted by Crippen LogP contribution is -2.72. The predicted molar refractivity (Wildman–Crippen MR) is 80.9 cm³/mol. The molecule has 2 aromatic heterocycles. The van der Waals surface area contributed by atoms with E-state index in [4.69, 9.17) is 4.74 Å². The molecule has 2 atom stereocenters. The summed E-state index contributed by atoms with van der Waals surface area (Å²) in [6, 6.07) is 3.85. The molecule has 0 radical (unpaired) electrons. The normalized spacial score (nSPS) is 28.8. The predicted octanol–water partition coefficient (Wildman–Crippen LogP) is 1.30. The third kappa shape index (κ3) is 1.80. The Morgan fingerprint density at radius 1 is 1.35 bits per heavy atom. The number of likely N-dealkylation sites (tertiary alicyclic amines) is 1. The molecule has 4 heterocycles. The van der Waals surface area contributed by atoms with Gasteiger partial charge in [-0.1, -0.05) is 6.42 Å². The van der Waals surface area contributed by atoms with Crippen LogP contribution in [0, 0.1) is 5.41 Å². The zero-order chi connectivity index (χ0) is 15.4. The molecule has 1 amide bonds. The van der Waals surface area contributed by atoms with Crippen LogP contribution in [0.4, 0.5) is 0 Å². The first-order valence-corrected chi connectivity index (χ1v) is 8.38. The van der Waals surface area contributed by atoms with Crippen molar-refractivity contribution < 1.29 is 9.53 Å². The van der Waals surface area contributed by atoms with Crippen molar-refractivity contribution in [1.82, 2.24) is 24.9 Å². The zero-order valence-electron chi connectivity index (χ0n) is 12.9. The molecule has 0 bridgehead atoms. The SMILES string of the molecule is O=C(c1cccn2nnnc12)N1CC2(CCC2)C1C1CCCO1. The Bertz CT molecular complexity index is 763. The van der Waals surface area contributed by atoms with Gasteiger partial charge in [-0.2, -0.15) is 4.52 Å². The quantitative estimate of drug-likeness (QED) is 0.835. The standard InChI is InChI=1S/C16H19N5O2/c22-15(11-4-1-8-21-14(11)17-18-19-21)20-10-16(6-3-7-16)13(20)12-5-2-9-23-12/h1,4,8,12-13H,2-3,5-7,9-10H2. The van der Waals surface area contributed by atoms with Crippen LogP contribution < -0.4 is 0 Å². The maximum atomic E-state index is 13.1. The Labute approximate surface area is 133 Å². The van der Waals surface area contributed by atoms with Crippen LogP contribution >= 0.6 is 0 Å². The lowest BCUT2D eigenvalue weighted by atomic mass is 9.56. The number of pyridine rings is 1. The molecule has 23 heavy (non-hydrogen) atoms. The minimum absolute atomic E-state index is 0.0309. The number of ether oxygens (including phenoxy) is 1. The van der Waals surface area contributed by atoms with Crippen molar-refractivity contribution in [3.8, 4) is 0 Å². The van der Waals surface area contributed by atoms with E-state index >= 15 is 0 Å². The van der Waals surface area contributed by atoms with Gasteiger partial charge in [0, 0.05) is 24.8 Å². The molecule has 2 saturated heterocycles. The van der Waals surface area contributed by atoms with Gasteiger partial charge >= 0.3 is 0 Å². The van der Waals surface area contributed by atoms with Crippen molar-refractivity contribution in [3.05, 3.63) is 23.9 Å². The van der Waals surface area contributed by atoms with E-state index in [0.717, 1.165) is 26.0 Å². The van der Waals surface area contributed by atoms with E-state index in [2.05, 4.69) is 15.5 Å². The molecule has 2 aliphatic heterocycles. The molecule has 120 valence electrons. The molecule has 7 nitrogen and oxygen atoms in total. The maximum absolute atomic E-state index is 13.1. The summed E-state index contributed by atoms with van der Waals surface area (Å²) in [6.07, 6.45) is 7.83. The van der Waals surface area contributed by atoms with Gasteiger partial charge in [-0.15, -0.1) is 5.10 Å². The highest BCUT2D eigenvalue weighted by atomic mass is 16.5. The summed E-state index contributed by atoms with van der Waals surface area (Å²) in [5, 5.41) is 11.5. The number of fused-ring (bicyclic) bond motifs is 1. The fourth-order valence-corrected chi connectivity index (χ4v) is 4.57. The van der Waals surface area contributed by atoms with Crippen molar-refractivity contribution in [2.24, 2.45) is 5.41 Å². The number of aromatic nitrogens is 4. The van der Waals surface area contributed by atoms with Gasteiger partial charge in [-0.05, 0) is 48.2 Å². The first-order chi connectivity index (χ1) is 11.3. The third-order valence-corrected chi connectivity index (χ3v) is 5.83. The Balaban J connectivity index is 1.48. The summed E-state index contributed by atoms with van der Waals surface area (Å²) >= 11 is 0. The average molecular weight is 313 g/mol. The van der Waals surface area contributed by atoms with Gasteiger partial charge in [0.2, 0.25) is 0 Å². The molecule has 1 spiro atoms. The minimum Gasteiger partial charge on any atom is -0.376 e. The topological polar surface area (TPSA) is 72.6 Å². The van der Waals surface area contributed by atoms with Crippen LogP contribution in [0.15, 0.2) is 18.3 Å². The third-order valence-electron chi connectivity index (χ3n) is 5.83. The molecular formula is C16H19N5O2. The van der Waals surface area contributed by atoms with Crippen molar-refractivity contribution in [3.63, 3.8) is 0 Å². The fourth-order valence-electron chi connectivity index (χ4n) is 4.57. The highest BCUT2D eigenvalue weighted by Gasteiger charge is 2.60. The van der Waals surface area contributed by atoms with Gasteiger partial charge in [0.25, 0.3) is 5.91 Å². The zero-order valence-corrected chi connectivity index (χ0v) is 12.9. The van der Waals surface area contributed by atoms with Crippen LogP contribution in [0.2, 0.25) is 0 Å². The molecule has 1 saturated carbocycles. The van der Waals surface area contributed by atoms with Crippen LogP contribution in [-0.2, 0) is 4.74 Å². The number of hydrogen-bond acceptors (Lipinski definition) is 5. The molecule has 3 aliphatic rings. The number of tetrazole rings is 1.